The van der Waals surface area contributed by atoms with Gasteiger partial charge in [-0.2, -0.15) is 0 Å². The number of aryl methyl sites for hydroxylation is 3. The van der Waals surface area contributed by atoms with Crippen LogP contribution in [0.3, 0.4) is 0 Å². The van der Waals surface area contributed by atoms with E-state index in [0.29, 0.717) is 12.1 Å². The van der Waals surface area contributed by atoms with E-state index in [2.05, 4.69) is 49.5 Å². The molecule has 0 spiro atoms. The second-order valence-electron chi connectivity index (χ2n) is 7.87. The molecule has 0 aliphatic rings. The highest BCUT2D eigenvalue weighted by atomic mass is 16.1. The van der Waals surface area contributed by atoms with Gasteiger partial charge in [-0.15, -0.1) is 0 Å². The first-order chi connectivity index (χ1) is 14.5. The third-order valence-electron chi connectivity index (χ3n) is 5.55. The Bertz CT molecular complexity index is 1210. The highest BCUT2D eigenvalue weighted by Gasteiger charge is 2.14. The Labute approximate surface area is 177 Å². The van der Waals surface area contributed by atoms with Crippen molar-refractivity contribution in [3.8, 4) is 11.3 Å². The number of benzene rings is 3. The van der Waals surface area contributed by atoms with Gasteiger partial charge in [0, 0.05) is 17.5 Å². The van der Waals surface area contributed by atoms with E-state index in [4.69, 9.17) is 4.98 Å². The third kappa shape index (κ3) is 4.25. The maximum absolute atomic E-state index is 13.1. The van der Waals surface area contributed by atoms with Crippen LogP contribution in [-0.4, -0.2) is 17.4 Å². The number of carbonyl (C=O) groups excluding carboxylic acids is 1. The molecular formula is C27H26N2O. The van der Waals surface area contributed by atoms with Crippen molar-refractivity contribution in [2.45, 2.75) is 27.2 Å². The van der Waals surface area contributed by atoms with Crippen LogP contribution in [0.25, 0.3) is 22.2 Å². The van der Waals surface area contributed by atoms with Crippen LogP contribution < -0.4 is 5.32 Å². The fourth-order valence-corrected chi connectivity index (χ4v) is 3.64. The number of hydrogen-bond donors (Lipinski definition) is 1. The first kappa shape index (κ1) is 19.8. The van der Waals surface area contributed by atoms with Crippen LogP contribution in [-0.2, 0) is 6.42 Å². The second kappa shape index (κ2) is 8.50. The molecule has 0 saturated carbocycles. The van der Waals surface area contributed by atoms with Gasteiger partial charge in [-0.25, -0.2) is 4.98 Å². The molecule has 1 amide bonds. The van der Waals surface area contributed by atoms with E-state index in [-0.39, 0.29) is 5.91 Å². The van der Waals surface area contributed by atoms with Crippen molar-refractivity contribution in [3.63, 3.8) is 0 Å². The SMILES string of the molecule is Cc1ccc2nc(-c3ccc(C)c(C)c3)cc(C(=O)NCCc3ccccc3)c2c1. The Balaban J connectivity index is 1.68. The molecule has 0 unspecified atom stereocenters. The summed E-state index contributed by atoms with van der Waals surface area (Å²) >= 11 is 0. The zero-order valence-electron chi connectivity index (χ0n) is 17.7. The summed E-state index contributed by atoms with van der Waals surface area (Å²) in [6, 6.07) is 24.5. The molecule has 3 heteroatoms. The van der Waals surface area contributed by atoms with E-state index < -0.39 is 0 Å². The minimum atomic E-state index is -0.0611. The monoisotopic (exact) mass is 394 g/mol. The number of nitrogens with zero attached hydrogens (tertiary/aromatic N) is 1. The smallest absolute Gasteiger partial charge is 0.252 e. The van der Waals surface area contributed by atoms with Gasteiger partial charge in [0.25, 0.3) is 5.91 Å². The van der Waals surface area contributed by atoms with Crippen molar-refractivity contribution in [3.05, 3.63) is 101 Å². The van der Waals surface area contributed by atoms with Crippen molar-refractivity contribution in [1.29, 1.82) is 0 Å². The van der Waals surface area contributed by atoms with Crippen LogP contribution in [0.1, 0.15) is 32.6 Å². The lowest BCUT2D eigenvalue weighted by molar-refractivity contribution is 0.0956. The third-order valence-corrected chi connectivity index (χ3v) is 5.55. The summed E-state index contributed by atoms with van der Waals surface area (Å²) in [7, 11) is 0. The van der Waals surface area contributed by atoms with Crippen molar-refractivity contribution in [1.82, 2.24) is 10.3 Å². The second-order valence-corrected chi connectivity index (χ2v) is 7.87. The highest BCUT2D eigenvalue weighted by Crippen LogP contribution is 2.27. The zero-order valence-corrected chi connectivity index (χ0v) is 17.7. The van der Waals surface area contributed by atoms with E-state index in [1.165, 1.54) is 16.7 Å². The largest absolute Gasteiger partial charge is 0.352 e. The molecule has 3 aromatic carbocycles. The Morgan fingerprint density at radius 1 is 0.867 bits per heavy atom. The van der Waals surface area contributed by atoms with Gasteiger partial charge in [0.15, 0.2) is 0 Å². The quantitative estimate of drug-likeness (QED) is 0.465. The van der Waals surface area contributed by atoms with E-state index in [9.17, 15) is 4.79 Å². The molecule has 1 N–H and O–H groups in total. The van der Waals surface area contributed by atoms with E-state index in [1.54, 1.807) is 0 Å². The number of carbonyl (C=O) groups is 1. The average Bonchev–Trinajstić information content (AvgIpc) is 2.75. The molecule has 1 aromatic heterocycles. The molecule has 30 heavy (non-hydrogen) atoms. The van der Waals surface area contributed by atoms with Gasteiger partial charge < -0.3 is 5.32 Å². The zero-order chi connectivity index (χ0) is 21.1. The van der Waals surface area contributed by atoms with Gasteiger partial charge in [-0.1, -0.05) is 54.1 Å². The van der Waals surface area contributed by atoms with Crippen molar-refractivity contribution >= 4 is 16.8 Å². The molecule has 0 atom stereocenters. The maximum Gasteiger partial charge on any atom is 0.252 e. The molecule has 3 nitrogen and oxygen atoms in total. The summed E-state index contributed by atoms with van der Waals surface area (Å²) < 4.78 is 0. The number of rotatable bonds is 5. The first-order valence-electron chi connectivity index (χ1n) is 10.3. The minimum absolute atomic E-state index is 0.0611. The van der Waals surface area contributed by atoms with Crippen LogP contribution in [0.2, 0.25) is 0 Å². The summed E-state index contributed by atoms with van der Waals surface area (Å²) in [5.41, 5.74) is 8.14. The molecule has 0 bridgehead atoms. The van der Waals surface area contributed by atoms with Crippen LogP contribution in [0.15, 0.2) is 72.8 Å². The fourth-order valence-electron chi connectivity index (χ4n) is 3.64. The van der Waals surface area contributed by atoms with Crippen molar-refractivity contribution in [2.75, 3.05) is 6.54 Å². The van der Waals surface area contributed by atoms with Gasteiger partial charge in [-0.05, 0) is 68.1 Å². The molecule has 150 valence electrons. The van der Waals surface area contributed by atoms with Crippen molar-refractivity contribution < 1.29 is 4.79 Å². The van der Waals surface area contributed by atoms with Crippen LogP contribution in [0.5, 0.6) is 0 Å². The summed E-state index contributed by atoms with van der Waals surface area (Å²) in [5.74, 6) is -0.0611. The molecular weight excluding hydrogens is 368 g/mol. The van der Waals surface area contributed by atoms with Crippen LogP contribution >= 0.6 is 0 Å². The van der Waals surface area contributed by atoms with Gasteiger partial charge in [0.05, 0.1) is 16.8 Å². The number of pyridine rings is 1. The number of fused-ring (bicyclic) bond motifs is 1. The summed E-state index contributed by atoms with van der Waals surface area (Å²) in [5, 5.41) is 3.98. The molecule has 1 heterocycles. The van der Waals surface area contributed by atoms with E-state index in [0.717, 1.165) is 34.1 Å². The number of hydrogen-bond acceptors (Lipinski definition) is 2. The lowest BCUT2D eigenvalue weighted by Gasteiger charge is -2.12. The Kier molecular flexibility index (Phi) is 5.62. The van der Waals surface area contributed by atoms with E-state index in [1.807, 2.05) is 49.4 Å². The predicted molar refractivity (Wildman–Crippen MR) is 124 cm³/mol. The topological polar surface area (TPSA) is 42.0 Å². The Morgan fingerprint density at radius 2 is 1.67 bits per heavy atom. The van der Waals surface area contributed by atoms with Gasteiger partial charge in [0.1, 0.15) is 0 Å². The normalized spacial score (nSPS) is 10.9. The molecule has 0 aliphatic carbocycles. The number of nitrogens with one attached hydrogen (secondary N) is 1. The van der Waals surface area contributed by atoms with Gasteiger partial charge >= 0.3 is 0 Å². The molecule has 0 aliphatic heterocycles. The molecule has 4 aromatic rings. The average molecular weight is 395 g/mol. The van der Waals surface area contributed by atoms with Crippen LogP contribution in [0, 0.1) is 20.8 Å². The Morgan fingerprint density at radius 3 is 2.43 bits per heavy atom. The van der Waals surface area contributed by atoms with Crippen LogP contribution in [0.4, 0.5) is 0 Å². The highest BCUT2D eigenvalue weighted by molar-refractivity contribution is 6.07. The van der Waals surface area contributed by atoms with Crippen molar-refractivity contribution in [2.24, 2.45) is 0 Å². The molecule has 0 radical (unpaired) electrons. The standard InChI is InChI=1S/C27H26N2O/c1-18-9-12-25-23(15-18)24(27(30)28-14-13-21-7-5-4-6-8-21)17-26(29-25)22-11-10-19(2)20(3)16-22/h4-12,15-17H,13-14H2,1-3H3,(H,28,30). The van der Waals surface area contributed by atoms with Gasteiger partial charge in [-0.3, -0.25) is 4.79 Å². The summed E-state index contributed by atoms with van der Waals surface area (Å²) in [6.07, 6.45) is 0.804. The lowest BCUT2D eigenvalue weighted by atomic mass is 9.99. The maximum atomic E-state index is 13.1. The lowest BCUT2D eigenvalue weighted by Crippen LogP contribution is -2.26. The van der Waals surface area contributed by atoms with Gasteiger partial charge in [0.2, 0.25) is 0 Å². The molecule has 0 saturated heterocycles. The molecule has 4 rings (SSSR count). The predicted octanol–water partition coefficient (Wildman–Crippen LogP) is 5.80. The fraction of sp³-hybridized carbons (Fsp3) is 0.185. The minimum Gasteiger partial charge on any atom is -0.352 e. The Hall–Kier alpha value is -3.46. The number of amides is 1. The number of aromatic nitrogens is 1. The summed E-state index contributed by atoms with van der Waals surface area (Å²) in [6.45, 7) is 6.83. The summed E-state index contributed by atoms with van der Waals surface area (Å²) in [4.78, 5) is 18.0. The first-order valence-corrected chi connectivity index (χ1v) is 10.3. The van der Waals surface area contributed by atoms with E-state index >= 15 is 0 Å². The molecule has 0 fully saturated rings.